The highest BCUT2D eigenvalue weighted by Gasteiger charge is 2.06. The smallest absolute Gasteiger partial charge is 0.225 e. The number of halogens is 2. The van der Waals surface area contributed by atoms with Gasteiger partial charge in [-0.1, -0.05) is 25.4 Å². The van der Waals surface area contributed by atoms with Crippen molar-refractivity contribution in [2.24, 2.45) is 0 Å². The number of carbonyl (C=O) groups excluding carboxylic acids is 1. The average molecular weight is 320 g/mol. The van der Waals surface area contributed by atoms with Gasteiger partial charge in [0.15, 0.2) is 0 Å². The first-order valence-corrected chi connectivity index (χ1v) is 6.64. The van der Waals surface area contributed by atoms with Crippen LogP contribution in [0.5, 0.6) is 0 Å². The van der Waals surface area contributed by atoms with E-state index in [1.807, 2.05) is 13.8 Å². The van der Waals surface area contributed by atoms with Gasteiger partial charge in [-0.15, -0.1) is 0 Å². The molecule has 1 aromatic carbocycles. The molecule has 0 fully saturated rings. The molecule has 0 atom stereocenters. The molecule has 94 valence electrons. The molecule has 0 unspecified atom stereocenters. The van der Waals surface area contributed by atoms with E-state index in [9.17, 15) is 4.79 Å². The van der Waals surface area contributed by atoms with E-state index in [0.717, 1.165) is 10.2 Å². The molecule has 3 nitrogen and oxygen atoms in total. The highest BCUT2D eigenvalue weighted by molar-refractivity contribution is 9.10. The fraction of sp³-hybridized carbons (Fsp3) is 0.417. The van der Waals surface area contributed by atoms with Crippen LogP contribution in [0.4, 0.5) is 5.69 Å². The Hall–Kier alpha value is -0.580. The molecule has 0 aliphatic rings. The first-order valence-electron chi connectivity index (χ1n) is 5.47. The third kappa shape index (κ3) is 5.52. The fourth-order valence-electron chi connectivity index (χ4n) is 1.28. The Morgan fingerprint density at radius 1 is 1.47 bits per heavy atom. The van der Waals surface area contributed by atoms with Gasteiger partial charge in [-0.2, -0.15) is 0 Å². The summed E-state index contributed by atoms with van der Waals surface area (Å²) in [6, 6.07) is 5.67. The number of hydrogen-bond acceptors (Lipinski definition) is 2. The maximum atomic E-state index is 11.6. The summed E-state index contributed by atoms with van der Waals surface area (Å²) in [6.07, 6.45) is 0.452. The van der Waals surface area contributed by atoms with E-state index in [2.05, 4.69) is 26.6 Å². The van der Waals surface area contributed by atoms with E-state index in [0.29, 0.717) is 24.0 Å². The first-order chi connectivity index (χ1) is 7.99. The minimum atomic E-state index is -0.0128. The van der Waals surface area contributed by atoms with E-state index in [1.54, 1.807) is 18.2 Å². The number of rotatable bonds is 5. The monoisotopic (exact) mass is 318 g/mol. The summed E-state index contributed by atoms with van der Waals surface area (Å²) in [5.74, 6) is -0.0128. The maximum Gasteiger partial charge on any atom is 0.225 e. The summed E-state index contributed by atoms with van der Waals surface area (Å²) in [4.78, 5) is 11.6. The highest BCUT2D eigenvalue weighted by atomic mass is 79.9. The van der Waals surface area contributed by atoms with Crippen molar-refractivity contribution in [2.75, 3.05) is 11.9 Å². The van der Waals surface area contributed by atoms with Crippen molar-refractivity contribution in [1.29, 1.82) is 0 Å². The van der Waals surface area contributed by atoms with E-state index in [1.165, 1.54) is 0 Å². The van der Waals surface area contributed by atoms with Crippen LogP contribution in [0.1, 0.15) is 20.3 Å². The zero-order valence-corrected chi connectivity index (χ0v) is 12.2. The molecule has 1 aromatic rings. The zero-order valence-electron chi connectivity index (χ0n) is 9.89. The molecule has 5 heteroatoms. The summed E-state index contributed by atoms with van der Waals surface area (Å²) in [5.41, 5.74) is 0.740. The van der Waals surface area contributed by atoms with E-state index in [-0.39, 0.29) is 5.91 Å². The minimum Gasteiger partial charge on any atom is -0.325 e. The number of benzene rings is 1. The Balaban J connectivity index is 2.45. The molecule has 0 aromatic heterocycles. The van der Waals surface area contributed by atoms with Gasteiger partial charge < -0.3 is 10.6 Å². The SMILES string of the molecule is CC(C)NCCC(=O)Nc1ccc(Cl)cc1Br. The molecule has 0 saturated heterocycles. The molecule has 0 bridgehead atoms. The van der Waals surface area contributed by atoms with Crippen molar-refractivity contribution in [1.82, 2.24) is 5.32 Å². The minimum absolute atomic E-state index is 0.0128. The Kier molecular flexibility index (Phi) is 5.95. The van der Waals surface area contributed by atoms with Crippen LogP contribution in [0.25, 0.3) is 0 Å². The van der Waals surface area contributed by atoms with Crippen LogP contribution in [0.2, 0.25) is 5.02 Å². The van der Waals surface area contributed by atoms with Crippen LogP contribution >= 0.6 is 27.5 Å². The van der Waals surface area contributed by atoms with Gasteiger partial charge in [-0.05, 0) is 34.1 Å². The Morgan fingerprint density at radius 2 is 2.18 bits per heavy atom. The van der Waals surface area contributed by atoms with Crippen LogP contribution < -0.4 is 10.6 Å². The molecule has 0 heterocycles. The van der Waals surface area contributed by atoms with Crippen LogP contribution in [0.3, 0.4) is 0 Å². The van der Waals surface area contributed by atoms with E-state index >= 15 is 0 Å². The second-order valence-corrected chi connectivity index (χ2v) is 5.32. The van der Waals surface area contributed by atoms with Crippen molar-refractivity contribution in [3.8, 4) is 0 Å². The molecular weight excluding hydrogens is 304 g/mol. The van der Waals surface area contributed by atoms with Gasteiger partial charge in [-0.25, -0.2) is 0 Å². The third-order valence-corrected chi connectivity index (χ3v) is 3.00. The largest absolute Gasteiger partial charge is 0.325 e. The number of carbonyl (C=O) groups is 1. The van der Waals surface area contributed by atoms with Crippen molar-refractivity contribution >= 4 is 39.1 Å². The number of anilines is 1. The topological polar surface area (TPSA) is 41.1 Å². The molecule has 0 aliphatic heterocycles. The van der Waals surface area contributed by atoms with Crippen molar-refractivity contribution in [3.05, 3.63) is 27.7 Å². The van der Waals surface area contributed by atoms with Gasteiger partial charge in [0, 0.05) is 28.5 Å². The lowest BCUT2D eigenvalue weighted by molar-refractivity contribution is -0.116. The van der Waals surface area contributed by atoms with Gasteiger partial charge in [0.25, 0.3) is 0 Å². The molecule has 0 spiro atoms. The normalized spacial score (nSPS) is 10.6. The van der Waals surface area contributed by atoms with Gasteiger partial charge in [-0.3, -0.25) is 4.79 Å². The Labute approximate surface area is 115 Å². The standard InChI is InChI=1S/C12H16BrClN2O/c1-8(2)15-6-5-12(17)16-11-4-3-9(14)7-10(11)13/h3-4,7-8,15H,5-6H2,1-2H3,(H,16,17). The van der Waals surface area contributed by atoms with Gasteiger partial charge in [0.05, 0.1) is 5.69 Å². The van der Waals surface area contributed by atoms with Crippen molar-refractivity contribution in [3.63, 3.8) is 0 Å². The predicted octanol–water partition coefficient (Wildman–Crippen LogP) is 3.43. The van der Waals surface area contributed by atoms with Crippen molar-refractivity contribution in [2.45, 2.75) is 26.3 Å². The van der Waals surface area contributed by atoms with Gasteiger partial charge in [0.2, 0.25) is 5.91 Å². The summed E-state index contributed by atoms with van der Waals surface area (Å²) in [6.45, 7) is 4.77. The average Bonchev–Trinajstić information content (AvgIpc) is 2.21. The molecule has 0 radical (unpaired) electrons. The quantitative estimate of drug-likeness (QED) is 0.873. The lowest BCUT2D eigenvalue weighted by atomic mass is 10.3. The molecule has 0 saturated carbocycles. The number of amides is 1. The Bertz CT molecular complexity index is 396. The lowest BCUT2D eigenvalue weighted by Gasteiger charge is -2.09. The van der Waals surface area contributed by atoms with Gasteiger partial charge >= 0.3 is 0 Å². The lowest BCUT2D eigenvalue weighted by Crippen LogP contribution is -2.27. The van der Waals surface area contributed by atoms with E-state index in [4.69, 9.17) is 11.6 Å². The van der Waals surface area contributed by atoms with Crippen LogP contribution in [0.15, 0.2) is 22.7 Å². The van der Waals surface area contributed by atoms with E-state index < -0.39 is 0 Å². The second-order valence-electron chi connectivity index (χ2n) is 4.03. The van der Waals surface area contributed by atoms with Gasteiger partial charge in [0.1, 0.15) is 0 Å². The van der Waals surface area contributed by atoms with Crippen molar-refractivity contribution < 1.29 is 4.79 Å². The fourth-order valence-corrected chi connectivity index (χ4v) is 2.06. The number of nitrogens with one attached hydrogen (secondary N) is 2. The third-order valence-electron chi connectivity index (χ3n) is 2.11. The molecule has 0 aliphatic carbocycles. The van der Waals surface area contributed by atoms with Crippen LogP contribution in [0, 0.1) is 0 Å². The number of hydrogen-bond donors (Lipinski definition) is 2. The molecule has 2 N–H and O–H groups in total. The van der Waals surface area contributed by atoms with Crippen LogP contribution in [-0.4, -0.2) is 18.5 Å². The maximum absolute atomic E-state index is 11.6. The first kappa shape index (κ1) is 14.5. The summed E-state index contributed by atoms with van der Waals surface area (Å²) < 4.78 is 0.787. The molecular formula is C12H16BrClN2O. The summed E-state index contributed by atoms with van der Waals surface area (Å²) >= 11 is 9.17. The second kappa shape index (κ2) is 6.99. The summed E-state index contributed by atoms with van der Waals surface area (Å²) in [5, 5.41) is 6.65. The Morgan fingerprint density at radius 3 is 2.76 bits per heavy atom. The van der Waals surface area contributed by atoms with Crippen LogP contribution in [-0.2, 0) is 4.79 Å². The summed E-state index contributed by atoms with van der Waals surface area (Å²) in [7, 11) is 0. The zero-order chi connectivity index (χ0) is 12.8. The molecule has 1 amide bonds. The molecule has 17 heavy (non-hydrogen) atoms. The predicted molar refractivity (Wildman–Crippen MR) is 75.5 cm³/mol. The molecule has 1 rings (SSSR count). The highest BCUT2D eigenvalue weighted by Crippen LogP contribution is 2.25.